The van der Waals surface area contributed by atoms with E-state index in [1.54, 1.807) is 0 Å². The van der Waals surface area contributed by atoms with Crippen LogP contribution in [0.3, 0.4) is 0 Å². The van der Waals surface area contributed by atoms with Crippen LogP contribution in [-0.4, -0.2) is 0 Å². The zero-order chi connectivity index (χ0) is 37.1. The van der Waals surface area contributed by atoms with Crippen molar-refractivity contribution in [2.75, 3.05) is 9.80 Å². The van der Waals surface area contributed by atoms with Crippen molar-refractivity contribution >= 4 is 56.1 Å². The Morgan fingerprint density at radius 3 is 1.85 bits per heavy atom. The van der Waals surface area contributed by atoms with Crippen LogP contribution in [0.1, 0.15) is 30.5 Å². The Morgan fingerprint density at radius 2 is 1.00 bits per heavy atom. The molecule has 0 radical (unpaired) electrons. The standard InChI is InChI=1S/C52H40N2O/c1-35-25-26-42(53(38-18-8-5-9-19-38)40-28-30-51-46(33-40)44-22-11-13-24-50(44)55-51)34-49(35)54(39-20-14-17-37(31-39)36-15-6-4-7-16-36)41-27-29-48-45(32-41)43-21-10-12-23-47(43)52(48,2)3/h4-34H,1-3H3. The first-order valence-corrected chi connectivity index (χ1v) is 19.0. The number of hydrogen-bond acceptors (Lipinski definition) is 3. The van der Waals surface area contributed by atoms with E-state index in [4.69, 9.17) is 4.42 Å². The highest BCUT2D eigenvalue weighted by Gasteiger charge is 2.35. The lowest BCUT2D eigenvalue weighted by atomic mass is 9.82. The minimum atomic E-state index is -0.0735. The van der Waals surface area contributed by atoms with E-state index < -0.39 is 0 Å². The van der Waals surface area contributed by atoms with E-state index in [0.29, 0.717) is 0 Å². The monoisotopic (exact) mass is 708 g/mol. The molecule has 0 atom stereocenters. The van der Waals surface area contributed by atoms with E-state index >= 15 is 0 Å². The second-order valence-corrected chi connectivity index (χ2v) is 15.1. The highest BCUT2D eigenvalue weighted by atomic mass is 16.3. The summed E-state index contributed by atoms with van der Waals surface area (Å²) in [5.74, 6) is 0. The largest absolute Gasteiger partial charge is 0.456 e. The van der Waals surface area contributed by atoms with Gasteiger partial charge in [-0.05, 0) is 119 Å². The van der Waals surface area contributed by atoms with Crippen LogP contribution in [0.15, 0.2) is 192 Å². The second kappa shape index (κ2) is 12.9. The molecule has 0 bridgehead atoms. The summed E-state index contributed by atoms with van der Waals surface area (Å²) in [5, 5.41) is 2.21. The minimum Gasteiger partial charge on any atom is -0.456 e. The van der Waals surface area contributed by atoms with Gasteiger partial charge in [0.1, 0.15) is 11.2 Å². The Hall–Kier alpha value is -6.84. The van der Waals surface area contributed by atoms with Crippen molar-refractivity contribution < 1.29 is 4.42 Å². The quantitative estimate of drug-likeness (QED) is 0.164. The van der Waals surface area contributed by atoms with Crippen molar-refractivity contribution in [3.8, 4) is 22.3 Å². The van der Waals surface area contributed by atoms with E-state index in [0.717, 1.165) is 56.1 Å². The SMILES string of the molecule is Cc1ccc(N(c2ccccc2)c2ccc3oc4ccccc4c3c2)cc1N(c1cccc(-c2ccccc2)c1)c1ccc2c(c1)-c1ccccc1C2(C)C. The van der Waals surface area contributed by atoms with Gasteiger partial charge in [-0.3, -0.25) is 0 Å². The molecule has 0 aliphatic heterocycles. The highest BCUT2D eigenvalue weighted by Crippen LogP contribution is 2.51. The van der Waals surface area contributed by atoms with E-state index in [2.05, 4.69) is 206 Å². The van der Waals surface area contributed by atoms with Crippen LogP contribution < -0.4 is 9.80 Å². The first kappa shape index (κ1) is 32.8. The Balaban J connectivity index is 1.18. The van der Waals surface area contributed by atoms with Gasteiger partial charge in [0.15, 0.2) is 0 Å². The fraction of sp³-hybridized carbons (Fsp3) is 0.0769. The van der Waals surface area contributed by atoms with Crippen LogP contribution in [0.2, 0.25) is 0 Å². The number of anilines is 6. The molecule has 1 aromatic heterocycles. The third-order valence-corrected chi connectivity index (χ3v) is 11.4. The van der Waals surface area contributed by atoms with E-state index in [9.17, 15) is 0 Å². The number of furan rings is 1. The van der Waals surface area contributed by atoms with E-state index in [1.807, 2.05) is 12.1 Å². The minimum absolute atomic E-state index is 0.0735. The van der Waals surface area contributed by atoms with Crippen molar-refractivity contribution in [3.05, 3.63) is 205 Å². The molecule has 0 fully saturated rings. The predicted octanol–water partition coefficient (Wildman–Crippen LogP) is 14.8. The van der Waals surface area contributed by atoms with Crippen molar-refractivity contribution in [3.63, 3.8) is 0 Å². The second-order valence-electron chi connectivity index (χ2n) is 15.1. The molecule has 10 rings (SSSR count). The van der Waals surface area contributed by atoms with Gasteiger partial charge < -0.3 is 14.2 Å². The average Bonchev–Trinajstić information content (AvgIpc) is 3.71. The summed E-state index contributed by atoms with van der Waals surface area (Å²) in [6.45, 7) is 6.90. The Bertz CT molecular complexity index is 2870. The van der Waals surface area contributed by atoms with Crippen LogP contribution in [0, 0.1) is 6.92 Å². The third kappa shape index (κ3) is 5.51. The Morgan fingerprint density at radius 1 is 0.400 bits per heavy atom. The van der Waals surface area contributed by atoms with Gasteiger partial charge in [0.25, 0.3) is 0 Å². The summed E-state index contributed by atoms with van der Waals surface area (Å²) in [6, 6.07) is 67.8. The highest BCUT2D eigenvalue weighted by molar-refractivity contribution is 6.06. The molecule has 0 spiro atoms. The van der Waals surface area contributed by atoms with Gasteiger partial charge in [-0.1, -0.05) is 129 Å². The summed E-state index contributed by atoms with van der Waals surface area (Å²) >= 11 is 0. The molecule has 1 aliphatic carbocycles. The van der Waals surface area contributed by atoms with Crippen molar-refractivity contribution in [1.29, 1.82) is 0 Å². The third-order valence-electron chi connectivity index (χ3n) is 11.4. The molecule has 0 unspecified atom stereocenters. The van der Waals surface area contributed by atoms with Crippen molar-refractivity contribution in [2.45, 2.75) is 26.2 Å². The average molecular weight is 709 g/mol. The normalized spacial score (nSPS) is 12.8. The Labute approximate surface area is 322 Å². The van der Waals surface area contributed by atoms with Crippen LogP contribution in [-0.2, 0) is 5.41 Å². The van der Waals surface area contributed by atoms with Gasteiger partial charge in [0.2, 0.25) is 0 Å². The molecule has 1 heterocycles. The number of nitrogens with zero attached hydrogens (tertiary/aromatic N) is 2. The topological polar surface area (TPSA) is 19.6 Å². The molecular weight excluding hydrogens is 669 g/mol. The molecule has 0 N–H and O–H groups in total. The number of rotatable bonds is 7. The fourth-order valence-corrected chi connectivity index (χ4v) is 8.58. The molecule has 3 heteroatoms. The smallest absolute Gasteiger partial charge is 0.135 e. The molecule has 1 aliphatic rings. The first-order chi connectivity index (χ1) is 26.9. The molecule has 8 aromatic carbocycles. The zero-order valence-electron chi connectivity index (χ0n) is 31.2. The molecule has 0 saturated heterocycles. The summed E-state index contributed by atoms with van der Waals surface area (Å²) in [6.07, 6.45) is 0. The fourth-order valence-electron chi connectivity index (χ4n) is 8.58. The van der Waals surface area contributed by atoms with Gasteiger partial charge in [0, 0.05) is 44.6 Å². The molecule has 264 valence electrons. The number of fused-ring (bicyclic) bond motifs is 6. The maximum Gasteiger partial charge on any atom is 0.135 e. The van der Waals surface area contributed by atoms with Gasteiger partial charge in [-0.15, -0.1) is 0 Å². The summed E-state index contributed by atoms with van der Waals surface area (Å²) in [5.41, 5.74) is 17.1. The molecular formula is C52H40N2O. The van der Waals surface area contributed by atoms with Gasteiger partial charge in [-0.2, -0.15) is 0 Å². The van der Waals surface area contributed by atoms with Crippen LogP contribution in [0.25, 0.3) is 44.2 Å². The van der Waals surface area contributed by atoms with Crippen molar-refractivity contribution in [1.82, 2.24) is 0 Å². The zero-order valence-corrected chi connectivity index (χ0v) is 31.2. The number of benzene rings is 8. The summed E-state index contributed by atoms with van der Waals surface area (Å²) < 4.78 is 6.25. The lowest BCUT2D eigenvalue weighted by Crippen LogP contribution is -2.16. The first-order valence-electron chi connectivity index (χ1n) is 19.0. The predicted molar refractivity (Wildman–Crippen MR) is 231 cm³/mol. The van der Waals surface area contributed by atoms with Crippen LogP contribution >= 0.6 is 0 Å². The van der Waals surface area contributed by atoms with E-state index in [1.165, 1.54) is 38.9 Å². The number of para-hydroxylation sites is 2. The summed E-state index contributed by atoms with van der Waals surface area (Å²) in [4.78, 5) is 4.79. The van der Waals surface area contributed by atoms with Gasteiger partial charge in [0.05, 0.1) is 5.69 Å². The summed E-state index contributed by atoms with van der Waals surface area (Å²) in [7, 11) is 0. The molecule has 3 nitrogen and oxygen atoms in total. The lowest BCUT2D eigenvalue weighted by Gasteiger charge is -2.31. The molecule has 9 aromatic rings. The maximum atomic E-state index is 6.25. The van der Waals surface area contributed by atoms with Gasteiger partial charge >= 0.3 is 0 Å². The molecule has 0 amide bonds. The van der Waals surface area contributed by atoms with Crippen molar-refractivity contribution in [2.24, 2.45) is 0 Å². The molecule has 0 saturated carbocycles. The maximum absolute atomic E-state index is 6.25. The van der Waals surface area contributed by atoms with E-state index in [-0.39, 0.29) is 5.41 Å². The van der Waals surface area contributed by atoms with Gasteiger partial charge in [-0.25, -0.2) is 0 Å². The molecule has 55 heavy (non-hydrogen) atoms. The van der Waals surface area contributed by atoms with Crippen LogP contribution in [0.4, 0.5) is 34.1 Å². The number of aryl methyl sites for hydroxylation is 1. The number of hydrogen-bond donors (Lipinski definition) is 0. The lowest BCUT2D eigenvalue weighted by molar-refractivity contribution is 0.660. The van der Waals surface area contributed by atoms with Crippen LogP contribution in [0.5, 0.6) is 0 Å². The Kier molecular flexibility index (Phi) is 7.71.